The number of benzene rings is 1. The average molecular weight is 386 g/mol. The number of aromatic amines is 1. The lowest BCUT2D eigenvalue weighted by Crippen LogP contribution is -1.99. The number of nitriles is 1. The summed E-state index contributed by atoms with van der Waals surface area (Å²) in [4.78, 5) is 11.5. The quantitative estimate of drug-likeness (QED) is 0.441. The number of halogens is 1. The van der Waals surface area contributed by atoms with Crippen molar-refractivity contribution < 1.29 is 0 Å². The van der Waals surface area contributed by atoms with E-state index in [2.05, 4.69) is 33.3 Å². The molecule has 136 valence electrons. The maximum atomic E-state index is 9.57. The van der Waals surface area contributed by atoms with Gasteiger partial charge in [0.15, 0.2) is 0 Å². The molecule has 4 rings (SSSR count). The molecule has 0 spiro atoms. The Hall–Kier alpha value is -3.62. The van der Waals surface area contributed by atoms with Crippen LogP contribution in [0.4, 0.5) is 11.4 Å². The fourth-order valence-electron chi connectivity index (χ4n) is 3.08. The molecule has 0 unspecified atom stereocenters. The number of anilines is 2. The molecule has 5 nitrogen and oxygen atoms in total. The van der Waals surface area contributed by atoms with Crippen LogP contribution in [0.3, 0.4) is 0 Å². The first-order valence-corrected chi connectivity index (χ1v) is 9.05. The van der Waals surface area contributed by atoms with Crippen LogP contribution in [-0.4, -0.2) is 15.0 Å². The number of rotatable bonds is 4. The number of fused-ring (bicyclic) bond motifs is 1. The molecule has 0 amide bonds. The Labute approximate surface area is 167 Å². The molecule has 6 heteroatoms. The highest BCUT2D eigenvalue weighted by Gasteiger charge is 2.11. The molecule has 0 aliphatic heterocycles. The minimum Gasteiger partial charge on any atom is -0.361 e. The SMILES string of the molecule is Cc1c(Nc2c(C#N)cncc2C=Cc2cccnc2Cl)ccc2[nH]ccc12. The van der Waals surface area contributed by atoms with Gasteiger partial charge < -0.3 is 10.3 Å². The third-order valence-corrected chi connectivity index (χ3v) is 4.91. The van der Waals surface area contributed by atoms with Crippen LogP contribution in [0.25, 0.3) is 23.1 Å². The maximum absolute atomic E-state index is 9.57. The summed E-state index contributed by atoms with van der Waals surface area (Å²) in [6.07, 6.45) is 10.6. The van der Waals surface area contributed by atoms with Crippen LogP contribution < -0.4 is 5.32 Å². The van der Waals surface area contributed by atoms with Crippen molar-refractivity contribution in [3.05, 3.63) is 82.5 Å². The summed E-state index contributed by atoms with van der Waals surface area (Å²) in [7, 11) is 0. The Morgan fingerprint density at radius 1 is 1.14 bits per heavy atom. The van der Waals surface area contributed by atoms with Crippen LogP contribution in [-0.2, 0) is 0 Å². The first-order valence-electron chi connectivity index (χ1n) is 8.68. The highest BCUT2D eigenvalue weighted by molar-refractivity contribution is 6.30. The third-order valence-electron chi connectivity index (χ3n) is 4.59. The van der Waals surface area contributed by atoms with Crippen molar-refractivity contribution in [3.63, 3.8) is 0 Å². The van der Waals surface area contributed by atoms with Gasteiger partial charge in [0.05, 0.1) is 11.3 Å². The van der Waals surface area contributed by atoms with Gasteiger partial charge in [-0.25, -0.2) is 4.98 Å². The maximum Gasteiger partial charge on any atom is 0.136 e. The number of nitrogens with zero attached hydrogens (tertiary/aromatic N) is 3. The molecule has 0 aliphatic rings. The molecule has 0 aliphatic carbocycles. The molecule has 0 radical (unpaired) electrons. The van der Waals surface area contributed by atoms with Gasteiger partial charge in [0.1, 0.15) is 11.2 Å². The van der Waals surface area contributed by atoms with Gasteiger partial charge in [-0.3, -0.25) is 4.98 Å². The number of hydrogen-bond donors (Lipinski definition) is 2. The van der Waals surface area contributed by atoms with Gasteiger partial charge in [-0.05, 0) is 36.8 Å². The number of pyridine rings is 2. The lowest BCUT2D eigenvalue weighted by Gasteiger charge is -2.14. The molecule has 3 heterocycles. The highest BCUT2D eigenvalue weighted by Crippen LogP contribution is 2.31. The Kier molecular flexibility index (Phi) is 4.79. The predicted molar refractivity (Wildman–Crippen MR) is 113 cm³/mol. The molecule has 0 atom stereocenters. The summed E-state index contributed by atoms with van der Waals surface area (Å²) in [5, 5.41) is 14.5. The van der Waals surface area contributed by atoms with Gasteiger partial charge in [-0.15, -0.1) is 0 Å². The summed E-state index contributed by atoms with van der Waals surface area (Å²) in [5.74, 6) is 0. The van der Waals surface area contributed by atoms with Crippen LogP contribution in [0.2, 0.25) is 5.15 Å². The zero-order valence-corrected chi connectivity index (χ0v) is 15.8. The van der Waals surface area contributed by atoms with Crippen molar-refractivity contribution in [3.8, 4) is 6.07 Å². The van der Waals surface area contributed by atoms with E-state index in [-0.39, 0.29) is 0 Å². The second kappa shape index (κ2) is 7.55. The van der Waals surface area contributed by atoms with E-state index in [1.54, 1.807) is 18.6 Å². The van der Waals surface area contributed by atoms with Crippen molar-refractivity contribution in [1.82, 2.24) is 15.0 Å². The van der Waals surface area contributed by atoms with Crippen molar-refractivity contribution in [2.24, 2.45) is 0 Å². The molecule has 28 heavy (non-hydrogen) atoms. The first kappa shape index (κ1) is 17.8. The number of hydrogen-bond acceptors (Lipinski definition) is 4. The van der Waals surface area contributed by atoms with Gasteiger partial charge in [0, 0.05) is 52.5 Å². The number of nitrogens with one attached hydrogen (secondary N) is 2. The molecule has 0 fully saturated rings. The fourth-order valence-corrected chi connectivity index (χ4v) is 3.27. The summed E-state index contributed by atoms with van der Waals surface area (Å²) >= 11 is 6.14. The normalized spacial score (nSPS) is 11.0. The minimum absolute atomic E-state index is 0.423. The third kappa shape index (κ3) is 3.34. The zero-order valence-electron chi connectivity index (χ0n) is 15.1. The van der Waals surface area contributed by atoms with E-state index in [1.807, 2.05) is 48.7 Å². The molecule has 3 aromatic heterocycles. The molecular formula is C22H16ClN5. The van der Waals surface area contributed by atoms with Gasteiger partial charge in [-0.2, -0.15) is 5.26 Å². The monoisotopic (exact) mass is 385 g/mol. The second-order valence-corrected chi connectivity index (χ2v) is 6.64. The molecule has 4 aromatic rings. The minimum atomic E-state index is 0.423. The Morgan fingerprint density at radius 2 is 2.00 bits per heavy atom. The van der Waals surface area contributed by atoms with Gasteiger partial charge in [0.25, 0.3) is 0 Å². The first-order chi connectivity index (χ1) is 13.7. The highest BCUT2D eigenvalue weighted by atomic mass is 35.5. The van der Waals surface area contributed by atoms with Crippen molar-refractivity contribution in [2.75, 3.05) is 5.32 Å². The number of aromatic nitrogens is 3. The Morgan fingerprint density at radius 3 is 2.82 bits per heavy atom. The molecule has 0 saturated heterocycles. The largest absolute Gasteiger partial charge is 0.361 e. The van der Waals surface area contributed by atoms with Crippen molar-refractivity contribution in [1.29, 1.82) is 5.26 Å². The summed E-state index contributed by atoms with van der Waals surface area (Å²) in [6.45, 7) is 2.05. The van der Waals surface area contributed by atoms with Crippen LogP contribution >= 0.6 is 11.6 Å². The number of H-pyrrole nitrogens is 1. The predicted octanol–water partition coefficient (Wildman–Crippen LogP) is 5.71. The molecule has 1 aromatic carbocycles. The lowest BCUT2D eigenvalue weighted by atomic mass is 10.1. The Balaban J connectivity index is 1.76. The summed E-state index contributed by atoms with van der Waals surface area (Å²) < 4.78 is 0. The molecular weight excluding hydrogens is 370 g/mol. The zero-order chi connectivity index (χ0) is 19.5. The van der Waals surface area contributed by atoms with E-state index in [0.717, 1.165) is 33.3 Å². The lowest BCUT2D eigenvalue weighted by molar-refractivity contribution is 1.28. The van der Waals surface area contributed by atoms with Crippen LogP contribution in [0.15, 0.2) is 55.1 Å². The van der Waals surface area contributed by atoms with E-state index in [4.69, 9.17) is 11.6 Å². The number of aryl methyl sites for hydroxylation is 1. The fraction of sp³-hybridized carbons (Fsp3) is 0.0455. The molecule has 0 saturated carbocycles. The van der Waals surface area contributed by atoms with Crippen LogP contribution in [0, 0.1) is 18.3 Å². The van der Waals surface area contributed by atoms with Crippen molar-refractivity contribution >= 4 is 46.0 Å². The van der Waals surface area contributed by atoms with E-state index < -0.39 is 0 Å². The topological polar surface area (TPSA) is 77.4 Å². The second-order valence-electron chi connectivity index (χ2n) is 6.28. The van der Waals surface area contributed by atoms with Crippen LogP contribution in [0.1, 0.15) is 22.3 Å². The molecule has 0 bridgehead atoms. The van der Waals surface area contributed by atoms with E-state index >= 15 is 0 Å². The van der Waals surface area contributed by atoms with Gasteiger partial charge in [0.2, 0.25) is 0 Å². The summed E-state index contributed by atoms with van der Waals surface area (Å²) in [5.41, 5.74) is 5.85. The summed E-state index contributed by atoms with van der Waals surface area (Å²) in [6, 6.07) is 12.0. The van der Waals surface area contributed by atoms with E-state index in [0.29, 0.717) is 16.4 Å². The van der Waals surface area contributed by atoms with Gasteiger partial charge >= 0.3 is 0 Å². The van der Waals surface area contributed by atoms with E-state index in [9.17, 15) is 5.26 Å². The molecule has 2 N–H and O–H groups in total. The smallest absolute Gasteiger partial charge is 0.136 e. The van der Waals surface area contributed by atoms with Crippen molar-refractivity contribution in [2.45, 2.75) is 6.92 Å². The van der Waals surface area contributed by atoms with Crippen LogP contribution in [0.5, 0.6) is 0 Å². The Bertz CT molecular complexity index is 1230. The average Bonchev–Trinajstić information content (AvgIpc) is 3.20. The standard InChI is InChI=1S/C22H16ClN5/c1-14-18-8-10-26-20(18)7-6-19(14)28-21-16(12-25-13-17(21)11-24)5-4-15-3-2-9-27-22(15)23/h2-10,12-13,26H,1H3,(H,25,28). The van der Waals surface area contributed by atoms with Gasteiger partial charge in [-0.1, -0.05) is 29.8 Å². The van der Waals surface area contributed by atoms with E-state index in [1.165, 1.54) is 0 Å².